The van der Waals surface area contributed by atoms with Crippen molar-refractivity contribution in [3.63, 3.8) is 0 Å². The Morgan fingerprint density at radius 3 is 2.62 bits per heavy atom. The zero-order chi connectivity index (χ0) is 20.8. The number of halogens is 2. The Balaban J connectivity index is 1.72. The topological polar surface area (TPSA) is 67.8 Å². The summed E-state index contributed by atoms with van der Waals surface area (Å²) in [6, 6.07) is 18.0. The van der Waals surface area contributed by atoms with Gasteiger partial charge in [-0.25, -0.2) is 4.79 Å². The van der Waals surface area contributed by atoms with E-state index in [0.29, 0.717) is 29.7 Å². The third-order valence-corrected chi connectivity index (χ3v) is 4.99. The van der Waals surface area contributed by atoms with Gasteiger partial charge in [-0.05, 0) is 69.5 Å². The molecule has 0 heterocycles. The molecule has 0 fully saturated rings. The van der Waals surface area contributed by atoms with E-state index in [4.69, 9.17) is 26.2 Å². The van der Waals surface area contributed by atoms with Crippen LogP contribution in [0.1, 0.15) is 21.5 Å². The van der Waals surface area contributed by atoms with Gasteiger partial charge in [0, 0.05) is 17.3 Å². The minimum absolute atomic E-state index is 0.235. The Morgan fingerprint density at radius 1 is 1.10 bits per heavy atom. The lowest BCUT2D eigenvalue weighted by Crippen LogP contribution is -2.04. The summed E-state index contributed by atoms with van der Waals surface area (Å²) in [5.74, 6) is 0.237. The number of benzene rings is 3. The molecule has 3 aromatic carbocycles. The summed E-state index contributed by atoms with van der Waals surface area (Å²) in [5.41, 5.74) is 2.86. The van der Waals surface area contributed by atoms with Crippen LogP contribution in [0.15, 0.2) is 65.1 Å². The highest BCUT2D eigenvalue weighted by Crippen LogP contribution is 2.37. The molecule has 29 heavy (non-hydrogen) atoms. The zero-order valence-electron chi connectivity index (χ0n) is 15.6. The monoisotopic (exact) mass is 475 g/mol. The first-order valence-corrected chi connectivity index (χ1v) is 9.94. The second-order valence-corrected chi connectivity index (χ2v) is 7.56. The molecule has 0 unspecified atom stereocenters. The maximum atomic E-state index is 11.1. The van der Waals surface area contributed by atoms with E-state index < -0.39 is 5.97 Å². The number of hydrogen-bond donors (Lipinski definition) is 2. The van der Waals surface area contributed by atoms with E-state index in [2.05, 4.69) is 21.2 Å². The number of ether oxygens (including phenoxy) is 2. The number of carboxylic acid groups (broad SMARTS) is 1. The fraction of sp³-hybridized carbons (Fsp3) is 0.136. The van der Waals surface area contributed by atoms with Crippen LogP contribution in [0.3, 0.4) is 0 Å². The van der Waals surface area contributed by atoms with Crippen LogP contribution in [0.25, 0.3) is 0 Å². The van der Waals surface area contributed by atoms with Crippen LogP contribution in [0.4, 0.5) is 5.69 Å². The SMILES string of the molecule is COc1cc(CNc2cccc(C(=O)O)c2)cc(Br)c1OCc1cccc(Cl)c1. The zero-order valence-corrected chi connectivity index (χ0v) is 18.0. The Labute approximate surface area is 182 Å². The molecule has 0 aliphatic carbocycles. The van der Waals surface area contributed by atoms with E-state index in [-0.39, 0.29) is 5.56 Å². The number of carboxylic acids is 1. The van der Waals surface area contributed by atoms with Gasteiger partial charge < -0.3 is 19.9 Å². The van der Waals surface area contributed by atoms with Crippen molar-refractivity contribution in [3.05, 3.63) is 86.8 Å². The van der Waals surface area contributed by atoms with Crippen LogP contribution in [-0.2, 0) is 13.2 Å². The fourth-order valence-electron chi connectivity index (χ4n) is 2.76. The Morgan fingerprint density at radius 2 is 1.90 bits per heavy atom. The van der Waals surface area contributed by atoms with Gasteiger partial charge in [-0.3, -0.25) is 0 Å². The molecule has 0 radical (unpaired) electrons. The quantitative estimate of drug-likeness (QED) is 0.417. The van der Waals surface area contributed by atoms with Gasteiger partial charge >= 0.3 is 5.97 Å². The van der Waals surface area contributed by atoms with Crippen molar-refractivity contribution in [2.24, 2.45) is 0 Å². The first-order chi connectivity index (χ1) is 14.0. The van der Waals surface area contributed by atoms with E-state index >= 15 is 0 Å². The predicted octanol–water partition coefficient (Wildman–Crippen LogP) is 6.00. The fourth-order valence-corrected chi connectivity index (χ4v) is 3.58. The summed E-state index contributed by atoms with van der Waals surface area (Å²) in [6.07, 6.45) is 0. The maximum Gasteiger partial charge on any atom is 0.335 e. The molecule has 5 nitrogen and oxygen atoms in total. The average molecular weight is 477 g/mol. The van der Waals surface area contributed by atoms with Gasteiger partial charge in [-0.2, -0.15) is 0 Å². The molecule has 0 aliphatic rings. The molecule has 7 heteroatoms. The van der Waals surface area contributed by atoms with E-state index in [9.17, 15) is 4.79 Å². The van der Waals surface area contributed by atoms with Crippen molar-refractivity contribution < 1.29 is 19.4 Å². The van der Waals surface area contributed by atoms with Crippen molar-refractivity contribution >= 4 is 39.2 Å². The first kappa shape index (κ1) is 21.0. The van der Waals surface area contributed by atoms with E-state index in [1.807, 2.05) is 42.5 Å². The summed E-state index contributed by atoms with van der Waals surface area (Å²) in [4.78, 5) is 11.1. The summed E-state index contributed by atoms with van der Waals surface area (Å²) in [5, 5.41) is 13.0. The molecular weight excluding hydrogens is 458 g/mol. The minimum atomic E-state index is -0.959. The number of nitrogens with one attached hydrogen (secondary N) is 1. The van der Waals surface area contributed by atoms with Crippen LogP contribution in [0.5, 0.6) is 11.5 Å². The number of aromatic carboxylic acids is 1. The summed E-state index contributed by atoms with van der Waals surface area (Å²) in [6.45, 7) is 0.849. The molecule has 0 aromatic heterocycles. The number of anilines is 1. The van der Waals surface area contributed by atoms with E-state index in [1.165, 1.54) is 0 Å². The molecule has 3 aromatic rings. The summed E-state index contributed by atoms with van der Waals surface area (Å²) >= 11 is 9.57. The van der Waals surface area contributed by atoms with Gasteiger partial charge in [0.15, 0.2) is 11.5 Å². The summed E-state index contributed by atoms with van der Waals surface area (Å²) < 4.78 is 12.2. The molecule has 2 N–H and O–H groups in total. The molecule has 0 bridgehead atoms. The molecule has 150 valence electrons. The lowest BCUT2D eigenvalue weighted by Gasteiger charge is -2.15. The lowest BCUT2D eigenvalue weighted by molar-refractivity contribution is 0.0697. The molecule has 0 spiro atoms. The average Bonchev–Trinajstić information content (AvgIpc) is 2.71. The third-order valence-electron chi connectivity index (χ3n) is 4.17. The molecule has 3 rings (SSSR count). The van der Waals surface area contributed by atoms with Gasteiger partial charge in [0.2, 0.25) is 0 Å². The highest BCUT2D eigenvalue weighted by atomic mass is 79.9. The second kappa shape index (κ2) is 9.67. The molecule has 0 saturated carbocycles. The van der Waals surface area contributed by atoms with Crippen molar-refractivity contribution in [2.45, 2.75) is 13.2 Å². The number of hydrogen-bond acceptors (Lipinski definition) is 4. The standard InChI is InChI=1S/C22H19BrClNO4/c1-28-20-10-15(12-25-18-7-3-5-16(11-18)22(26)27)9-19(23)21(20)29-13-14-4-2-6-17(24)8-14/h2-11,25H,12-13H2,1H3,(H,26,27). The van der Waals surface area contributed by atoms with Gasteiger partial charge in [0.1, 0.15) is 6.61 Å². The molecule has 0 saturated heterocycles. The van der Waals surface area contributed by atoms with Crippen LogP contribution in [-0.4, -0.2) is 18.2 Å². The van der Waals surface area contributed by atoms with Gasteiger partial charge in [-0.1, -0.05) is 29.8 Å². The van der Waals surface area contributed by atoms with Crippen molar-refractivity contribution in [2.75, 3.05) is 12.4 Å². The van der Waals surface area contributed by atoms with Crippen molar-refractivity contribution in [3.8, 4) is 11.5 Å². The maximum absolute atomic E-state index is 11.1. The van der Waals surface area contributed by atoms with Crippen molar-refractivity contribution in [1.82, 2.24) is 0 Å². The third kappa shape index (κ3) is 5.65. The summed E-state index contributed by atoms with van der Waals surface area (Å²) in [7, 11) is 1.58. The highest BCUT2D eigenvalue weighted by molar-refractivity contribution is 9.10. The number of methoxy groups -OCH3 is 1. The Bertz CT molecular complexity index is 1030. The van der Waals surface area contributed by atoms with Crippen LogP contribution in [0, 0.1) is 0 Å². The number of carbonyl (C=O) groups is 1. The van der Waals surface area contributed by atoms with Crippen molar-refractivity contribution in [1.29, 1.82) is 0 Å². The van der Waals surface area contributed by atoms with Gasteiger partial charge in [0.25, 0.3) is 0 Å². The van der Waals surface area contributed by atoms with Crippen LogP contribution >= 0.6 is 27.5 Å². The predicted molar refractivity (Wildman–Crippen MR) is 117 cm³/mol. The van der Waals surface area contributed by atoms with E-state index in [1.54, 1.807) is 25.3 Å². The smallest absolute Gasteiger partial charge is 0.335 e. The molecule has 0 atom stereocenters. The Hall–Kier alpha value is -2.70. The lowest BCUT2D eigenvalue weighted by atomic mass is 10.1. The number of rotatable bonds is 8. The highest BCUT2D eigenvalue weighted by Gasteiger charge is 2.12. The van der Waals surface area contributed by atoms with Crippen LogP contribution < -0.4 is 14.8 Å². The largest absolute Gasteiger partial charge is 0.493 e. The molecule has 0 aliphatic heterocycles. The Kier molecular flexibility index (Phi) is 7.01. The van der Waals surface area contributed by atoms with Gasteiger partial charge in [0.05, 0.1) is 17.1 Å². The van der Waals surface area contributed by atoms with Crippen LogP contribution in [0.2, 0.25) is 5.02 Å². The van der Waals surface area contributed by atoms with E-state index in [0.717, 1.165) is 21.3 Å². The first-order valence-electron chi connectivity index (χ1n) is 8.77. The molecule has 0 amide bonds. The van der Waals surface area contributed by atoms with Gasteiger partial charge in [-0.15, -0.1) is 0 Å². The second-order valence-electron chi connectivity index (χ2n) is 6.27. The normalized spacial score (nSPS) is 10.4. The minimum Gasteiger partial charge on any atom is -0.493 e. The molecular formula is C22H19BrClNO4.